The van der Waals surface area contributed by atoms with Crippen molar-refractivity contribution in [1.82, 2.24) is 10.6 Å². The van der Waals surface area contributed by atoms with Gasteiger partial charge in [-0.1, -0.05) is 0 Å². The molecular formula is C12H20N2O4. The van der Waals surface area contributed by atoms with Gasteiger partial charge < -0.3 is 20.1 Å². The zero-order valence-corrected chi connectivity index (χ0v) is 10.8. The molecule has 2 fully saturated rings. The smallest absolute Gasteiger partial charge is 0.322 e. The van der Waals surface area contributed by atoms with Gasteiger partial charge in [0, 0.05) is 24.9 Å². The summed E-state index contributed by atoms with van der Waals surface area (Å²) in [5, 5.41) is 5.93. The van der Waals surface area contributed by atoms with Gasteiger partial charge in [0.25, 0.3) is 0 Å². The molecule has 2 rings (SSSR count). The van der Waals surface area contributed by atoms with E-state index in [1.807, 2.05) is 0 Å². The predicted octanol–water partition coefficient (Wildman–Crippen LogP) is -0.567. The molecule has 1 saturated heterocycles. The molecule has 18 heavy (non-hydrogen) atoms. The molecule has 1 aliphatic carbocycles. The van der Waals surface area contributed by atoms with Crippen molar-refractivity contribution >= 4 is 11.9 Å². The second-order valence-corrected chi connectivity index (χ2v) is 5.10. The van der Waals surface area contributed by atoms with E-state index in [0.717, 1.165) is 12.8 Å². The van der Waals surface area contributed by atoms with E-state index in [4.69, 9.17) is 9.47 Å². The molecule has 0 aromatic carbocycles. The van der Waals surface area contributed by atoms with Crippen LogP contribution < -0.4 is 10.6 Å². The molecule has 1 saturated carbocycles. The number of piperidine rings is 1. The van der Waals surface area contributed by atoms with Gasteiger partial charge in [0.2, 0.25) is 5.91 Å². The fourth-order valence-corrected chi connectivity index (χ4v) is 2.60. The topological polar surface area (TPSA) is 76.7 Å². The number of rotatable bonds is 6. The van der Waals surface area contributed by atoms with Gasteiger partial charge in [-0.3, -0.25) is 9.59 Å². The van der Waals surface area contributed by atoms with E-state index >= 15 is 0 Å². The summed E-state index contributed by atoms with van der Waals surface area (Å²) >= 11 is 0. The van der Waals surface area contributed by atoms with Gasteiger partial charge in [0.05, 0.1) is 20.3 Å². The first kappa shape index (κ1) is 13.3. The Balaban J connectivity index is 1.66. The van der Waals surface area contributed by atoms with Crippen molar-refractivity contribution < 1.29 is 19.1 Å². The maximum Gasteiger partial charge on any atom is 0.322 e. The number of hydrogen-bond acceptors (Lipinski definition) is 5. The Morgan fingerprint density at radius 3 is 2.89 bits per heavy atom. The molecule has 1 heterocycles. The van der Waals surface area contributed by atoms with Crippen LogP contribution in [-0.4, -0.2) is 50.8 Å². The van der Waals surface area contributed by atoms with E-state index in [2.05, 4.69) is 10.6 Å². The molecule has 6 nitrogen and oxygen atoms in total. The maximum atomic E-state index is 11.4. The highest BCUT2D eigenvalue weighted by molar-refractivity contribution is 5.76. The van der Waals surface area contributed by atoms with Crippen LogP contribution in [0.2, 0.25) is 0 Å². The highest BCUT2D eigenvalue weighted by Crippen LogP contribution is 2.54. The molecule has 1 aliphatic heterocycles. The molecule has 0 bridgehead atoms. The minimum atomic E-state index is -0.195. The monoisotopic (exact) mass is 256 g/mol. The SMILES string of the molecule is COC(=O)[C@@H]1C[C@]2(COCCNC(C)=O)C[C@@H]2N1. The number of nitrogens with one attached hydrogen (secondary N) is 2. The second kappa shape index (κ2) is 5.24. The first-order valence-corrected chi connectivity index (χ1v) is 6.23. The van der Waals surface area contributed by atoms with E-state index in [1.54, 1.807) is 0 Å². The van der Waals surface area contributed by atoms with Gasteiger partial charge in [0.15, 0.2) is 0 Å². The van der Waals surface area contributed by atoms with Crippen LogP contribution in [0.1, 0.15) is 19.8 Å². The molecule has 2 N–H and O–H groups in total. The first-order valence-electron chi connectivity index (χ1n) is 6.23. The number of amides is 1. The normalized spacial score (nSPS) is 32.8. The van der Waals surface area contributed by atoms with E-state index in [1.165, 1.54) is 14.0 Å². The number of fused-ring (bicyclic) bond motifs is 1. The van der Waals surface area contributed by atoms with Crippen LogP contribution in [0.25, 0.3) is 0 Å². The van der Waals surface area contributed by atoms with Gasteiger partial charge in [-0.15, -0.1) is 0 Å². The van der Waals surface area contributed by atoms with E-state index in [-0.39, 0.29) is 23.3 Å². The van der Waals surface area contributed by atoms with Crippen molar-refractivity contribution in [3.63, 3.8) is 0 Å². The summed E-state index contributed by atoms with van der Waals surface area (Å²) in [7, 11) is 1.41. The quantitative estimate of drug-likeness (QED) is 0.492. The summed E-state index contributed by atoms with van der Waals surface area (Å²) in [5.41, 5.74) is 0.106. The van der Waals surface area contributed by atoms with Crippen LogP contribution >= 0.6 is 0 Å². The van der Waals surface area contributed by atoms with Crippen LogP contribution in [-0.2, 0) is 19.1 Å². The Morgan fingerprint density at radius 1 is 1.44 bits per heavy atom. The molecular weight excluding hydrogens is 236 g/mol. The van der Waals surface area contributed by atoms with Gasteiger partial charge in [0.1, 0.15) is 6.04 Å². The number of esters is 1. The minimum Gasteiger partial charge on any atom is -0.468 e. The third kappa shape index (κ3) is 2.81. The molecule has 6 heteroatoms. The van der Waals surface area contributed by atoms with Crippen molar-refractivity contribution in [3.05, 3.63) is 0 Å². The van der Waals surface area contributed by atoms with Gasteiger partial charge in [-0.2, -0.15) is 0 Å². The molecule has 0 spiro atoms. The Labute approximate surface area is 106 Å². The number of methoxy groups -OCH3 is 1. The standard InChI is InChI=1S/C12H20N2O4/c1-8(15)13-3-4-18-7-12-5-9(11(16)17-2)14-10(12)6-12/h9-10,14H,3-7H2,1-2H3,(H,13,15)/t9-,10-,12+/m0/s1. The minimum absolute atomic E-state index is 0.0469. The summed E-state index contributed by atoms with van der Waals surface area (Å²) in [6, 6.07) is 0.190. The Kier molecular flexibility index (Phi) is 3.87. The van der Waals surface area contributed by atoms with Crippen molar-refractivity contribution in [3.8, 4) is 0 Å². The number of ether oxygens (including phenoxy) is 2. The lowest BCUT2D eigenvalue weighted by molar-refractivity contribution is -0.143. The third-order valence-corrected chi connectivity index (χ3v) is 3.70. The number of hydrogen-bond donors (Lipinski definition) is 2. The van der Waals surface area contributed by atoms with E-state index in [9.17, 15) is 9.59 Å². The zero-order chi connectivity index (χ0) is 13.2. The lowest BCUT2D eigenvalue weighted by Gasteiger charge is -2.14. The van der Waals surface area contributed by atoms with Crippen LogP contribution in [0.5, 0.6) is 0 Å². The predicted molar refractivity (Wildman–Crippen MR) is 63.9 cm³/mol. The van der Waals surface area contributed by atoms with Gasteiger partial charge >= 0.3 is 5.97 Å². The van der Waals surface area contributed by atoms with Crippen LogP contribution in [0.15, 0.2) is 0 Å². The highest BCUT2D eigenvalue weighted by atomic mass is 16.5. The van der Waals surface area contributed by atoms with E-state index < -0.39 is 0 Å². The summed E-state index contributed by atoms with van der Waals surface area (Å²) < 4.78 is 10.3. The molecule has 0 unspecified atom stereocenters. The van der Waals surface area contributed by atoms with Gasteiger partial charge in [-0.05, 0) is 12.8 Å². The van der Waals surface area contributed by atoms with Crippen molar-refractivity contribution in [2.45, 2.75) is 31.8 Å². The summed E-state index contributed by atoms with van der Waals surface area (Å²) in [6.45, 7) is 3.16. The second-order valence-electron chi connectivity index (χ2n) is 5.10. The number of carbonyl (C=O) groups is 2. The molecule has 3 atom stereocenters. The molecule has 1 amide bonds. The van der Waals surface area contributed by atoms with Crippen molar-refractivity contribution in [2.75, 3.05) is 26.9 Å². The van der Waals surface area contributed by atoms with Crippen molar-refractivity contribution in [2.24, 2.45) is 5.41 Å². The summed E-state index contributed by atoms with van der Waals surface area (Å²) in [5.74, 6) is -0.242. The molecule has 0 aromatic heterocycles. The van der Waals surface area contributed by atoms with Crippen molar-refractivity contribution in [1.29, 1.82) is 0 Å². The average Bonchev–Trinajstić information content (AvgIpc) is 2.89. The Bertz CT molecular complexity index is 347. The maximum absolute atomic E-state index is 11.4. The Hall–Kier alpha value is -1.14. The first-order chi connectivity index (χ1) is 8.57. The third-order valence-electron chi connectivity index (χ3n) is 3.70. The highest BCUT2D eigenvalue weighted by Gasteiger charge is 2.61. The molecule has 0 aromatic rings. The molecule has 102 valence electrons. The average molecular weight is 256 g/mol. The van der Waals surface area contributed by atoms with Crippen LogP contribution in [0, 0.1) is 5.41 Å². The zero-order valence-electron chi connectivity index (χ0n) is 10.8. The largest absolute Gasteiger partial charge is 0.468 e. The summed E-state index contributed by atoms with van der Waals surface area (Å²) in [4.78, 5) is 22.1. The van der Waals surface area contributed by atoms with Crippen LogP contribution in [0.4, 0.5) is 0 Å². The van der Waals surface area contributed by atoms with Gasteiger partial charge in [-0.25, -0.2) is 0 Å². The number of carbonyl (C=O) groups excluding carboxylic acids is 2. The van der Waals surface area contributed by atoms with E-state index in [0.29, 0.717) is 25.8 Å². The Morgan fingerprint density at radius 2 is 2.22 bits per heavy atom. The summed E-state index contributed by atoms with van der Waals surface area (Å²) in [6.07, 6.45) is 1.84. The molecule has 0 radical (unpaired) electrons. The lowest BCUT2D eigenvalue weighted by Crippen LogP contribution is -2.34. The van der Waals surface area contributed by atoms with Crippen LogP contribution in [0.3, 0.4) is 0 Å². The lowest BCUT2D eigenvalue weighted by atomic mass is 10.0. The molecule has 2 aliphatic rings. The fourth-order valence-electron chi connectivity index (χ4n) is 2.60. The fraction of sp³-hybridized carbons (Fsp3) is 0.833.